The van der Waals surface area contributed by atoms with E-state index in [1.807, 2.05) is 6.92 Å². The van der Waals surface area contributed by atoms with Gasteiger partial charge in [-0.2, -0.15) is 0 Å². The Balaban J connectivity index is 2.50. The lowest BCUT2D eigenvalue weighted by Crippen LogP contribution is -2.10. The van der Waals surface area contributed by atoms with Crippen molar-refractivity contribution in [3.8, 4) is 0 Å². The summed E-state index contributed by atoms with van der Waals surface area (Å²) >= 11 is 1.52. The quantitative estimate of drug-likeness (QED) is 0.449. The molecule has 0 fully saturated rings. The van der Waals surface area contributed by atoms with E-state index in [1.165, 1.54) is 23.4 Å². The maximum absolute atomic E-state index is 11.3. The first-order valence-electron chi connectivity index (χ1n) is 6.54. The summed E-state index contributed by atoms with van der Waals surface area (Å²) in [6.45, 7) is 9.03. The molecule has 19 heavy (non-hydrogen) atoms. The lowest BCUT2D eigenvalue weighted by atomic mass is 9.87. The molecule has 1 rings (SSSR count). The van der Waals surface area contributed by atoms with Gasteiger partial charge in [-0.15, -0.1) is 0 Å². The summed E-state index contributed by atoms with van der Waals surface area (Å²) in [7, 11) is 0. The van der Waals surface area contributed by atoms with E-state index in [4.69, 9.17) is 4.74 Å². The van der Waals surface area contributed by atoms with Crippen molar-refractivity contribution in [2.75, 3.05) is 6.61 Å². The molecule has 1 aromatic carbocycles. The van der Waals surface area contributed by atoms with Gasteiger partial charge in [0, 0.05) is 11.0 Å². The highest BCUT2D eigenvalue weighted by molar-refractivity contribution is 8.02. The first kappa shape index (κ1) is 15.8. The van der Waals surface area contributed by atoms with Gasteiger partial charge < -0.3 is 4.74 Å². The molecular formula is C16H22O2S. The van der Waals surface area contributed by atoms with Gasteiger partial charge in [-0.25, -0.2) is 4.79 Å². The Morgan fingerprint density at radius 2 is 1.89 bits per heavy atom. The summed E-state index contributed by atoms with van der Waals surface area (Å²) in [6, 6.07) is 8.41. The van der Waals surface area contributed by atoms with Crippen LogP contribution in [0.1, 0.15) is 39.7 Å². The summed E-state index contributed by atoms with van der Waals surface area (Å²) in [6.07, 6.45) is 2.32. The largest absolute Gasteiger partial charge is 0.463 e. The Bertz CT molecular complexity index is 427. The van der Waals surface area contributed by atoms with Crippen LogP contribution in [-0.4, -0.2) is 12.6 Å². The molecular weight excluding hydrogens is 256 g/mol. The van der Waals surface area contributed by atoms with Crippen LogP contribution in [0.5, 0.6) is 0 Å². The number of carbonyl (C=O) groups is 1. The summed E-state index contributed by atoms with van der Waals surface area (Å²) < 4.78 is 4.95. The maximum Gasteiger partial charge on any atom is 0.331 e. The van der Waals surface area contributed by atoms with Gasteiger partial charge in [0.1, 0.15) is 0 Å². The molecule has 0 aliphatic rings. The number of carbonyl (C=O) groups excluding carboxylic acids is 1. The van der Waals surface area contributed by atoms with Crippen molar-refractivity contribution in [3.05, 3.63) is 41.3 Å². The van der Waals surface area contributed by atoms with Gasteiger partial charge in [0.25, 0.3) is 0 Å². The summed E-state index contributed by atoms with van der Waals surface area (Å²) in [4.78, 5) is 12.4. The number of hydrogen-bond donors (Lipinski definition) is 0. The number of esters is 1. The van der Waals surface area contributed by atoms with E-state index >= 15 is 0 Å². The molecule has 0 aromatic heterocycles. The minimum Gasteiger partial charge on any atom is -0.463 e. The van der Waals surface area contributed by atoms with Crippen LogP contribution in [0, 0.1) is 0 Å². The van der Waals surface area contributed by atoms with Crippen LogP contribution in [0.25, 0.3) is 0 Å². The minimum absolute atomic E-state index is 0.170. The van der Waals surface area contributed by atoms with Gasteiger partial charge in [0.15, 0.2) is 0 Å². The topological polar surface area (TPSA) is 26.3 Å². The molecule has 0 aliphatic carbocycles. The second kappa shape index (κ2) is 7.39. The highest BCUT2D eigenvalue weighted by Gasteiger charge is 2.12. The summed E-state index contributed by atoms with van der Waals surface area (Å²) in [5.41, 5.74) is 1.48. The normalized spacial score (nSPS) is 11.8. The fraction of sp³-hybridized carbons (Fsp3) is 0.438. The highest BCUT2D eigenvalue weighted by Crippen LogP contribution is 2.25. The molecule has 0 amide bonds. The number of rotatable bonds is 5. The molecule has 0 bridgehead atoms. The van der Waals surface area contributed by atoms with Crippen molar-refractivity contribution in [3.63, 3.8) is 0 Å². The fourth-order valence-electron chi connectivity index (χ4n) is 1.45. The Morgan fingerprint density at radius 3 is 2.42 bits per heavy atom. The number of thioether (sulfide) groups is 1. The second-order valence-corrected chi connectivity index (χ2v) is 6.34. The highest BCUT2D eigenvalue weighted by atomic mass is 32.2. The molecule has 0 unspecified atom stereocenters. The second-order valence-electron chi connectivity index (χ2n) is 5.36. The SMILES string of the molecule is CCCOC(=O)/C=C/Sc1ccc(C(C)(C)C)cc1. The van der Waals surface area contributed by atoms with Crippen molar-refractivity contribution >= 4 is 17.7 Å². The van der Waals surface area contributed by atoms with Crippen LogP contribution in [0.15, 0.2) is 40.6 Å². The summed E-state index contributed by atoms with van der Waals surface area (Å²) in [5, 5.41) is 1.77. The molecule has 0 spiro atoms. The maximum atomic E-state index is 11.3. The average Bonchev–Trinajstić information content (AvgIpc) is 2.36. The molecule has 3 heteroatoms. The van der Waals surface area contributed by atoms with Gasteiger partial charge in [0.05, 0.1) is 6.61 Å². The third kappa shape index (κ3) is 5.97. The average molecular weight is 278 g/mol. The molecule has 0 saturated heterocycles. The Kier molecular flexibility index (Phi) is 6.16. The lowest BCUT2D eigenvalue weighted by Gasteiger charge is -2.18. The van der Waals surface area contributed by atoms with Crippen molar-refractivity contribution < 1.29 is 9.53 Å². The van der Waals surface area contributed by atoms with Crippen LogP contribution < -0.4 is 0 Å². The van der Waals surface area contributed by atoms with Gasteiger partial charge >= 0.3 is 5.97 Å². The first-order chi connectivity index (χ1) is 8.93. The smallest absolute Gasteiger partial charge is 0.331 e. The van der Waals surface area contributed by atoms with E-state index in [1.54, 1.807) is 5.41 Å². The molecule has 1 aromatic rings. The Hall–Kier alpha value is -1.22. The molecule has 0 N–H and O–H groups in total. The predicted molar refractivity (Wildman–Crippen MR) is 81.4 cm³/mol. The predicted octanol–water partition coefficient (Wildman–Crippen LogP) is 4.54. The summed E-state index contributed by atoms with van der Waals surface area (Å²) in [5.74, 6) is -0.277. The fourth-order valence-corrected chi connectivity index (χ4v) is 2.08. The van der Waals surface area contributed by atoms with Gasteiger partial charge in [-0.1, -0.05) is 51.6 Å². The van der Waals surface area contributed by atoms with Crippen LogP contribution >= 0.6 is 11.8 Å². The van der Waals surface area contributed by atoms with Gasteiger partial charge in [0.2, 0.25) is 0 Å². The van der Waals surface area contributed by atoms with E-state index in [2.05, 4.69) is 45.0 Å². The number of ether oxygens (including phenoxy) is 1. The van der Waals surface area contributed by atoms with E-state index in [0.717, 1.165) is 11.3 Å². The minimum atomic E-state index is -0.277. The molecule has 0 atom stereocenters. The standard InChI is InChI=1S/C16H22O2S/c1-5-11-18-15(17)10-12-19-14-8-6-13(7-9-14)16(2,3)4/h6-10,12H,5,11H2,1-4H3/b12-10+. The van der Waals surface area contributed by atoms with E-state index in [-0.39, 0.29) is 11.4 Å². The third-order valence-corrected chi connectivity index (χ3v) is 3.39. The monoisotopic (exact) mass is 278 g/mol. The molecule has 0 aliphatic heterocycles. The Morgan fingerprint density at radius 1 is 1.26 bits per heavy atom. The number of hydrogen-bond acceptors (Lipinski definition) is 3. The zero-order valence-electron chi connectivity index (χ0n) is 12.1. The van der Waals surface area contributed by atoms with E-state index in [9.17, 15) is 4.79 Å². The van der Waals surface area contributed by atoms with Crippen molar-refractivity contribution in [1.82, 2.24) is 0 Å². The molecule has 2 nitrogen and oxygen atoms in total. The van der Waals surface area contributed by atoms with Gasteiger partial charge in [-0.3, -0.25) is 0 Å². The molecule has 0 radical (unpaired) electrons. The third-order valence-electron chi connectivity index (χ3n) is 2.58. The van der Waals surface area contributed by atoms with Crippen LogP contribution in [-0.2, 0) is 14.9 Å². The van der Waals surface area contributed by atoms with Gasteiger partial charge in [-0.05, 0) is 34.9 Å². The molecule has 0 heterocycles. The lowest BCUT2D eigenvalue weighted by molar-refractivity contribution is -0.137. The van der Waals surface area contributed by atoms with Crippen molar-refractivity contribution in [2.45, 2.75) is 44.4 Å². The van der Waals surface area contributed by atoms with E-state index in [0.29, 0.717) is 6.61 Å². The van der Waals surface area contributed by atoms with Crippen molar-refractivity contribution in [2.24, 2.45) is 0 Å². The van der Waals surface area contributed by atoms with Crippen LogP contribution in [0.3, 0.4) is 0 Å². The van der Waals surface area contributed by atoms with Crippen molar-refractivity contribution in [1.29, 1.82) is 0 Å². The zero-order valence-corrected chi connectivity index (χ0v) is 12.9. The first-order valence-corrected chi connectivity index (χ1v) is 7.42. The number of benzene rings is 1. The Labute approximate surface area is 120 Å². The van der Waals surface area contributed by atoms with Crippen LogP contribution in [0.4, 0.5) is 0 Å². The zero-order chi connectivity index (χ0) is 14.3. The molecule has 0 saturated carbocycles. The van der Waals surface area contributed by atoms with E-state index < -0.39 is 0 Å². The van der Waals surface area contributed by atoms with Crippen LogP contribution in [0.2, 0.25) is 0 Å². The molecule has 104 valence electrons.